The van der Waals surface area contributed by atoms with Crippen LogP contribution < -0.4 is 11.1 Å². The number of nitrogens with two attached hydrogens (primary N) is 1. The van der Waals surface area contributed by atoms with Crippen molar-refractivity contribution in [1.29, 1.82) is 5.26 Å². The molecule has 2 aromatic rings. The van der Waals surface area contributed by atoms with Crippen LogP contribution in [-0.4, -0.2) is 16.6 Å². The molecule has 2 rings (SSSR count). The number of carbonyl (C=O) groups excluding carboxylic acids is 1. The van der Waals surface area contributed by atoms with Crippen molar-refractivity contribution in [2.45, 2.75) is 39.4 Å². The average Bonchev–Trinajstić information content (AvgIpc) is 2.70. The monoisotopic (exact) mass is 476 g/mol. The smallest absolute Gasteiger partial charge is 0.218 e. The lowest BCUT2D eigenvalue weighted by atomic mass is 10.2. The standard InChI is InChI=1S/C11H14BrNOS.C9H9N3.C2H6/c1-8(15-7-6-11(13)14)9-4-2-3-5-10(9)12;1-7(2)12-9-4-3-8(5-10)6-11-9;1-2/h2-5,8H,6-7H2,1H3,(H2,13,14);3-4,6H,1H2,2H3,(H,11,12);1-2H3. The summed E-state index contributed by atoms with van der Waals surface area (Å²) in [5.74, 6) is 1.25. The number of nitrogens with zero attached hydrogens (tertiary/aromatic N) is 2. The first kappa shape index (κ1) is 26.7. The summed E-state index contributed by atoms with van der Waals surface area (Å²) in [6.07, 6.45) is 1.96. The summed E-state index contributed by atoms with van der Waals surface area (Å²) in [7, 11) is 0. The number of nitrogens with one attached hydrogen (secondary N) is 1. The van der Waals surface area contributed by atoms with E-state index in [0.717, 1.165) is 15.9 Å². The fourth-order valence-electron chi connectivity index (χ4n) is 1.98. The van der Waals surface area contributed by atoms with Gasteiger partial charge in [0.25, 0.3) is 0 Å². The van der Waals surface area contributed by atoms with Crippen LogP contribution in [-0.2, 0) is 4.79 Å². The maximum absolute atomic E-state index is 10.6. The van der Waals surface area contributed by atoms with Gasteiger partial charge in [0.2, 0.25) is 5.91 Å². The number of anilines is 1. The molecule has 0 saturated heterocycles. The van der Waals surface area contributed by atoms with Gasteiger partial charge < -0.3 is 11.1 Å². The first-order valence-electron chi connectivity index (χ1n) is 9.26. The van der Waals surface area contributed by atoms with Crippen molar-refractivity contribution >= 4 is 39.4 Å². The zero-order valence-electron chi connectivity index (χ0n) is 17.4. The van der Waals surface area contributed by atoms with Crippen molar-refractivity contribution in [1.82, 2.24) is 4.98 Å². The van der Waals surface area contributed by atoms with Gasteiger partial charge in [-0.05, 0) is 37.6 Å². The summed E-state index contributed by atoms with van der Waals surface area (Å²) in [6.45, 7) is 11.7. The molecule has 1 atom stereocenters. The number of thioether (sulfide) groups is 1. The Morgan fingerprint density at radius 1 is 1.34 bits per heavy atom. The fraction of sp³-hybridized carbons (Fsp3) is 0.318. The minimum Gasteiger partial charge on any atom is -0.370 e. The van der Waals surface area contributed by atoms with Crippen molar-refractivity contribution < 1.29 is 4.79 Å². The molecule has 3 N–H and O–H groups in total. The maximum Gasteiger partial charge on any atom is 0.218 e. The molecule has 7 heteroatoms. The fourth-order valence-corrected chi connectivity index (χ4v) is 3.82. The lowest BCUT2D eigenvalue weighted by Crippen LogP contribution is -2.11. The third kappa shape index (κ3) is 12.0. The number of hydrogen-bond donors (Lipinski definition) is 2. The van der Waals surface area contributed by atoms with Gasteiger partial charge in [-0.25, -0.2) is 4.98 Å². The molecule has 0 saturated carbocycles. The number of benzene rings is 1. The van der Waals surface area contributed by atoms with E-state index in [0.29, 0.717) is 23.1 Å². The number of aromatic nitrogens is 1. The van der Waals surface area contributed by atoms with E-state index >= 15 is 0 Å². The third-order valence-electron chi connectivity index (χ3n) is 3.29. The van der Waals surface area contributed by atoms with Crippen LogP contribution in [0.5, 0.6) is 0 Å². The van der Waals surface area contributed by atoms with Gasteiger partial charge in [-0.2, -0.15) is 17.0 Å². The van der Waals surface area contributed by atoms with Crippen LogP contribution >= 0.6 is 27.7 Å². The first-order valence-corrected chi connectivity index (χ1v) is 11.1. The summed E-state index contributed by atoms with van der Waals surface area (Å²) in [5, 5.41) is 11.8. The van der Waals surface area contributed by atoms with Crippen LogP contribution in [0.25, 0.3) is 0 Å². The molecule has 0 aliphatic rings. The number of amides is 1. The minimum absolute atomic E-state index is 0.234. The topological polar surface area (TPSA) is 91.8 Å². The van der Waals surface area contributed by atoms with Gasteiger partial charge in [0.1, 0.15) is 11.9 Å². The Hall–Kier alpha value is -2.30. The van der Waals surface area contributed by atoms with Crippen LogP contribution in [0.1, 0.15) is 50.5 Å². The lowest BCUT2D eigenvalue weighted by molar-refractivity contribution is -0.117. The molecule has 0 radical (unpaired) electrons. The number of halogens is 1. The van der Waals surface area contributed by atoms with Crippen LogP contribution in [0.4, 0.5) is 5.82 Å². The number of primary amides is 1. The second-order valence-electron chi connectivity index (χ2n) is 5.70. The van der Waals surface area contributed by atoms with Gasteiger partial charge in [-0.1, -0.05) is 54.6 Å². The molecule has 1 heterocycles. The summed E-state index contributed by atoms with van der Waals surface area (Å²) in [5.41, 5.74) is 7.73. The molecule has 5 nitrogen and oxygen atoms in total. The van der Waals surface area contributed by atoms with Gasteiger partial charge in [-0.15, -0.1) is 0 Å². The third-order valence-corrected chi connectivity index (χ3v) is 5.21. The number of pyridine rings is 1. The van der Waals surface area contributed by atoms with E-state index in [4.69, 9.17) is 11.0 Å². The Balaban J connectivity index is 0.000000508. The minimum atomic E-state index is -0.234. The highest BCUT2D eigenvalue weighted by Gasteiger charge is 2.09. The molecule has 0 bridgehead atoms. The second kappa shape index (κ2) is 15.6. The molecule has 1 unspecified atom stereocenters. The van der Waals surface area contributed by atoms with E-state index in [1.165, 1.54) is 11.8 Å². The predicted octanol–water partition coefficient (Wildman–Crippen LogP) is 6.04. The first-order chi connectivity index (χ1) is 13.8. The highest BCUT2D eigenvalue weighted by molar-refractivity contribution is 9.10. The molecule has 1 aromatic carbocycles. The van der Waals surface area contributed by atoms with E-state index in [1.807, 2.05) is 45.0 Å². The van der Waals surface area contributed by atoms with Crippen LogP contribution in [0.3, 0.4) is 0 Å². The number of hydrogen-bond acceptors (Lipinski definition) is 5. The van der Waals surface area contributed by atoms with Crippen molar-refractivity contribution in [3.05, 3.63) is 70.5 Å². The van der Waals surface area contributed by atoms with E-state index in [2.05, 4.69) is 45.8 Å². The number of nitriles is 1. The van der Waals surface area contributed by atoms with Crippen LogP contribution in [0.15, 0.2) is 59.3 Å². The summed E-state index contributed by atoms with van der Waals surface area (Å²) < 4.78 is 1.11. The Kier molecular flexibility index (Phi) is 14.4. The van der Waals surface area contributed by atoms with E-state index in [1.54, 1.807) is 23.9 Å². The van der Waals surface area contributed by atoms with Gasteiger partial charge in [-0.3, -0.25) is 4.79 Å². The largest absolute Gasteiger partial charge is 0.370 e. The second-order valence-corrected chi connectivity index (χ2v) is 8.00. The van der Waals surface area contributed by atoms with Gasteiger partial charge >= 0.3 is 0 Å². The van der Waals surface area contributed by atoms with Gasteiger partial charge in [0.05, 0.1) is 5.56 Å². The van der Waals surface area contributed by atoms with Crippen molar-refractivity contribution in [3.8, 4) is 6.07 Å². The normalized spacial score (nSPS) is 10.2. The summed E-state index contributed by atoms with van der Waals surface area (Å²) >= 11 is 5.25. The molecular formula is C22H29BrN4OS. The van der Waals surface area contributed by atoms with E-state index in [-0.39, 0.29) is 5.91 Å². The molecule has 0 aliphatic carbocycles. The molecule has 29 heavy (non-hydrogen) atoms. The molecule has 156 valence electrons. The maximum atomic E-state index is 10.6. The predicted molar refractivity (Wildman–Crippen MR) is 128 cm³/mol. The molecular weight excluding hydrogens is 448 g/mol. The van der Waals surface area contributed by atoms with Crippen molar-refractivity contribution in [2.75, 3.05) is 11.1 Å². The number of allylic oxidation sites excluding steroid dienone is 1. The highest BCUT2D eigenvalue weighted by atomic mass is 79.9. The number of rotatable bonds is 7. The Labute approximate surface area is 186 Å². The zero-order chi connectivity index (χ0) is 22.2. The summed E-state index contributed by atoms with van der Waals surface area (Å²) in [4.78, 5) is 14.6. The molecule has 0 spiro atoms. The molecule has 0 aliphatic heterocycles. The van der Waals surface area contributed by atoms with Crippen molar-refractivity contribution in [2.24, 2.45) is 5.73 Å². The quantitative estimate of drug-likeness (QED) is 0.507. The molecule has 1 aromatic heterocycles. The van der Waals surface area contributed by atoms with Gasteiger partial charge in [0, 0.05) is 33.8 Å². The van der Waals surface area contributed by atoms with Crippen LogP contribution in [0.2, 0.25) is 0 Å². The lowest BCUT2D eigenvalue weighted by Gasteiger charge is -2.12. The average molecular weight is 477 g/mol. The van der Waals surface area contributed by atoms with E-state index in [9.17, 15) is 4.79 Å². The SMILES string of the molecule is C=C(C)Nc1ccc(C#N)cn1.CC.CC(SCCC(N)=O)c1ccccc1Br. The highest BCUT2D eigenvalue weighted by Crippen LogP contribution is 2.33. The molecule has 0 fully saturated rings. The Morgan fingerprint density at radius 3 is 2.48 bits per heavy atom. The Morgan fingerprint density at radius 2 is 2.00 bits per heavy atom. The summed E-state index contributed by atoms with van der Waals surface area (Å²) in [6, 6.07) is 13.6. The van der Waals surface area contributed by atoms with Crippen LogP contribution in [0, 0.1) is 11.3 Å². The van der Waals surface area contributed by atoms with Gasteiger partial charge in [0.15, 0.2) is 0 Å². The van der Waals surface area contributed by atoms with E-state index < -0.39 is 0 Å². The zero-order valence-corrected chi connectivity index (χ0v) is 19.8. The van der Waals surface area contributed by atoms with Crippen molar-refractivity contribution in [3.63, 3.8) is 0 Å². The molecule has 1 amide bonds. The number of carbonyl (C=O) groups is 1. The Bertz CT molecular complexity index is 803.